The number of hydrogen-bond donors (Lipinski definition) is 1. The van der Waals surface area contributed by atoms with Gasteiger partial charge in [-0.3, -0.25) is 9.59 Å². The summed E-state index contributed by atoms with van der Waals surface area (Å²) >= 11 is 0. The highest BCUT2D eigenvalue weighted by Gasteiger charge is 2.30. The van der Waals surface area contributed by atoms with Crippen molar-refractivity contribution < 1.29 is 18.5 Å². The third-order valence-corrected chi connectivity index (χ3v) is 5.68. The van der Waals surface area contributed by atoms with Crippen LogP contribution in [0.15, 0.2) is 52.3 Å². The lowest BCUT2D eigenvalue weighted by Gasteiger charge is -2.21. The van der Waals surface area contributed by atoms with Crippen LogP contribution in [0.5, 0.6) is 0 Å². The first-order valence-electron chi connectivity index (χ1n) is 8.32. The molecule has 26 heavy (non-hydrogen) atoms. The minimum atomic E-state index is -1.49. The summed E-state index contributed by atoms with van der Waals surface area (Å²) in [7, 11) is 0.0689. The van der Waals surface area contributed by atoms with Crippen molar-refractivity contribution in [1.82, 2.24) is 5.32 Å². The van der Waals surface area contributed by atoms with E-state index in [-0.39, 0.29) is 11.8 Å². The Labute approximate surface area is 154 Å². The summed E-state index contributed by atoms with van der Waals surface area (Å²) in [6, 6.07) is 11.8. The summed E-state index contributed by atoms with van der Waals surface area (Å²) < 4.78 is 18.0. The number of carbonyl (C=O) groups excluding carboxylic acids is 2. The number of anilines is 1. The predicted molar refractivity (Wildman–Crippen MR) is 99.1 cm³/mol. The van der Waals surface area contributed by atoms with E-state index < -0.39 is 10.8 Å². The molecule has 2 aromatic carbocycles. The Kier molecular flexibility index (Phi) is 5.49. The number of methoxy groups -OCH3 is 1. The standard InChI is InChI=1S/C19H20N2O4S/c1-3-21-15-12-13(18(22)20-10-11-25-2)8-9-17(15)26(24)16-7-5-4-6-14(16)19(21)23/h4-9,12H,3,10-11H2,1-2H3,(H,20,22). The number of fused-ring (bicyclic) bond motifs is 2. The van der Waals surface area contributed by atoms with Gasteiger partial charge in [-0.05, 0) is 37.3 Å². The Balaban J connectivity index is 2.05. The molecular formula is C19H20N2O4S. The van der Waals surface area contributed by atoms with Crippen LogP contribution in [0.4, 0.5) is 5.69 Å². The number of benzene rings is 2. The first-order chi connectivity index (χ1) is 12.6. The minimum Gasteiger partial charge on any atom is -0.383 e. The molecule has 0 spiro atoms. The van der Waals surface area contributed by atoms with Gasteiger partial charge in [0.05, 0.1) is 38.4 Å². The highest BCUT2D eigenvalue weighted by atomic mass is 32.2. The first-order valence-corrected chi connectivity index (χ1v) is 9.47. The predicted octanol–water partition coefficient (Wildman–Crippen LogP) is 2.21. The summed E-state index contributed by atoms with van der Waals surface area (Å²) in [4.78, 5) is 27.8. The van der Waals surface area contributed by atoms with E-state index in [9.17, 15) is 13.8 Å². The zero-order chi connectivity index (χ0) is 18.7. The quantitative estimate of drug-likeness (QED) is 0.817. The molecule has 0 radical (unpaired) electrons. The Bertz CT molecular complexity index is 882. The van der Waals surface area contributed by atoms with Gasteiger partial charge in [0, 0.05) is 25.8 Å². The molecule has 1 unspecified atom stereocenters. The highest BCUT2D eigenvalue weighted by Crippen LogP contribution is 2.34. The smallest absolute Gasteiger partial charge is 0.259 e. The van der Waals surface area contributed by atoms with Gasteiger partial charge in [-0.25, -0.2) is 4.21 Å². The second-order valence-corrected chi connectivity index (χ2v) is 7.16. The largest absolute Gasteiger partial charge is 0.383 e. The lowest BCUT2D eigenvalue weighted by molar-refractivity contribution is 0.0935. The van der Waals surface area contributed by atoms with Gasteiger partial charge in [-0.15, -0.1) is 0 Å². The van der Waals surface area contributed by atoms with Crippen LogP contribution in [0.1, 0.15) is 27.6 Å². The maximum atomic E-state index is 13.0. The summed E-state index contributed by atoms with van der Waals surface area (Å²) in [5.41, 5.74) is 1.34. The fraction of sp³-hybridized carbons (Fsp3) is 0.263. The van der Waals surface area contributed by atoms with Crippen LogP contribution in [0.2, 0.25) is 0 Å². The maximum absolute atomic E-state index is 13.0. The first kappa shape index (κ1) is 18.3. The van der Waals surface area contributed by atoms with Crippen molar-refractivity contribution in [1.29, 1.82) is 0 Å². The van der Waals surface area contributed by atoms with Crippen molar-refractivity contribution in [3.05, 3.63) is 53.6 Å². The van der Waals surface area contributed by atoms with Gasteiger partial charge < -0.3 is 15.0 Å². The molecule has 136 valence electrons. The Morgan fingerprint density at radius 3 is 2.69 bits per heavy atom. The van der Waals surface area contributed by atoms with E-state index in [1.807, 2.05) is 6.92 Å². The second-order valence-electron chi connectivity index (χ2n) is 5.75. The van der Waals surface area contributed by atoms with Crippen LogP contribution >= 0.6 is 0 Å². The lowest BCUT2D eigenvalue weighted by Crippen LogP contribution is -2.31. The van der Waals surface area contributed by atoms with E-state index in [4.69, 9.17) is 4.74 Å². The van der Waals surface area contributed by atoms with Gasteiger partial charge in [-0.1, -0.05) is 12.1 Å². The molecule has 1 aliphatic rings. The molecule has 1 atom stereocenters. The molecule has 3 rings (SSSR count). The topological polar surface area (TPSA) is 75.7 Å². The van der Waals surface area contributed by atoms with Crippen LogP contribution in [0, 0.1) is 0 Å². The molecule has 1 N–H and O–H groups in total. The van der Waals surface area contributed by atoms with Crippen molar-refractivity contribution in [3.63, 3.8) is 0 Å². The molecular weight excluding hydrogens is 352 g/mol. The number of ether oxygens (including phenoxy) is 1. The monoisotopic (exact) mass is 372 g/mol. The van der Waals surface area contributed by atoms with E-state index in [2.05, 4.69) is 5.32 Å². The number of nitrogens with one attached hydrogen (secondary N) is 1. The highest BCUT2D eigenvalue weighted by molar-refractivity contribution is 7.85. The zero-order valence-corrected chi connectivity index (χ0v) is 15.5. The van der Waals surface area contributed by atoms with E-state index in [1.54, 1.807) is 54.5 Å². The molecule has 6 nitrogen and oxygen atoms in total. The van der Waals surface area contributed by atoms with Crippen LogP contribution in [-0.2, 0) is 15.5 Å². The van der Waals surface area contributed by atoms with Crippen molar-refractivity contribution in [3.8, 4) is 0 Å². The average Bonchev–Trinajstić information content (AvgIpc) is 2.75. The SMILES string of the molecule is CCN1C(=O)c2ccccc2S(=O)c2ccc(C(=O)NCCOC)cc21. The van der Waals surface area contributed by atoms with Gasteiger partial charge >= 0.3 is 0 Å². The number of rotatable bonds is 5. The van der Waals surface area contributed by atoms with Crippen LogP contribution in [0.3, 0.4) is 0 Å². The van der Waals surface area contributed by atoms with Crippen molar-refractivity contribution in [2.75, 3.05) is 31.7 Å². The summed E-state index contributed by atoms with van der Waals surface area (Å²) in [5, 5.41) is 2.75. The summed E-state index contributed by atoms with van der Waals surface area (Å²) in [6.07, 6.45) is 0. The molecule has 2 amide bonds. The third kappa shape index (κ3) is 3.27. The molecule has 0 aromatic heterocycles. The van der Waals surface area contributed by atoms with Gasteiger partial charge in [0.1, 0.15) is 0 Å². The van der Waals surface area contributed by atoms with E-state index >= 15 is 0 Å². The van der Waals surface area contributed by atoms with Crippen molar-refractivity contribution >= 4 is 28.3 Å². The van der Waals surface area contributed by atoms with Gasteiger partial charge in [-0.2, -0.15) is 0 Å². The van der Waals surface area contributed by atoms with Crippen molar-refractivity contribution in [2.24, 2.45) is 0 Å². The summed E-state index contributed by atoms with van der Waals surface area (Å²) in [5.74, 6) is -0.479. The third-order valence-electron chi connectivity index (χ3n) is 4.18. The van der Waals surface area contributed by atoms with Crippen LogP contribution < -0.4 is 10.2 Å². The molecule has 2 aromatic rings. The number of nitrogens with zero attached hydrogens (tertiary/aromatic N) is 1. The molecule has 1 heterocycles. The van der Waals surface area contributed by atoms with E-state index in [0.717, 1.165) is 0 Å². The molecule has 7 heteroatoms. The molecule has 0 aliphatic carbocycles. The van der Waals surface area contributed by atoms with Crippen LogP contribution in [0.25, 0.3) is 0 Å². The normalized spacial score (nSPS) is 15.8. The Morgan fingerprint density at radius 1 is 1.19 bits per heavy atom. The van der Waals surface area contributed by atoms with Gasteiger partial charge in [0.2, 0.25) is 0 Å². The van der Waals surface area contributed by atoms with Gasteiger partial charge in [0.25, 0.3) is 11.8 Å². The van der Waals surface area contributed by atoms with E-state index in [0.29, 0.717) is 46.3 Å². The van der Waals surface area contributed by atoms with Gasteiger partial charge in [0.15, 0.2) is 0 Å². The maximum Gasteiger partial charge on any atom is 0.259 e. The Morgan fingerprint density at radius 2 is 1.96 bits per heavy atom. The molecule has 0 saturated carbocycles. The fourth-order valence-corrected chi connectivity index (χ4v) is 4.23. The van der Waals surface area contributed by atoms with E-state index in [1.165, 1.54) is 0 Å². The molecule has 1 aliphatic heterocycles. The lowest BCUT2D eigenvalue weighted by atomic mass is 10.1. The second kappa shape index (κ2) is 7.80. The zero-order valence-electron chi connectivity index (χ0n) is 14.7. The average molecular weight is 372 g/mol. The summed E-state index contributed by atoms with van der Waals surface area (Å²) in [6.45, 7) is 3.06. The fourth-order valence-electron chi connectivity index (χ4n) is 2.89. The van der Waals surface area contributed by atoms with Crippen LogP contribution in [-0.4, -0.2) is 42.8 Å². The number of amides is 2. The molecule has 0 fully saturated rings. The number of hydrogen-bond acceptors (Lipinski definition) is 4. The van der Waals surface area contributed by atoms with Crippen molar-refractivity contribution in [2.45, 2.75) is 16.7 Å². The molecule has 0 bridgehead atoms. The Hall–Kier alpha value is -2.51. The molecule has 0 saturated heterocycles. The minimum absolute atomic E-state index is 0.216. The number of carbonyl (C=O) groups is 2.